The topological polar surface area (TPSA) is 37.0 Å². The zero-order valence-electron chi connectivity index (χ0n) is 11.9. The highest BCUT2D eigenvalue weighted by molar-refractivity contribution is 6.66. The molecular weight excluding hydrogens is 246 g/mol. The summed E-state index contributed by atoms with van der Waals surface area (Å²) in [5.74, 6) is 0. The van der Waals surface area contributed by atoms with Crippen LogP contribution in [-0.2, 0) is 8.85 Å². The Morgan fingerprint density at radius 3 is 2.44 bits per heavy atom. The molecule has 1 unspecified atom stereocenters. The van der Waals surface area contributed by atoms with E-state index < -0.39 is 8.72 Å². The van der Waals surface area contributed by atoms with Gasteiger partial charge in [-0.2, -0.15) is 0 Å². The molecule has 2 fully saturated rings. The summed E-state index contributed by atoms with van der Waals surface area (Å²) in [5.41, 5.74) is 0.604. The second-order valence-electron chi connectivity index (χ2n) is 5.33. The Morgan fingerprint density at radius 1 is 1.17 bits per heavy atom. The molecule has 1 atom stereocenters. The minimum absolute atomic E-state index is 0.604. The average molecular weight is 273 g/mol. The maximum absolute atomic E-state index is 5.82. The molecule has 0 aromatic carbocycles. The quantitative estimate of drug-likeness (QED) is 0.725. The zero-order valence-corrected chi connectivity index (χ0v) is 12.9. The fraction of sp³-hybridized carbons (Fsp3) is 1.00. The molecule has 0 saturated carbocycles. The fourth-order valence-corrected chi connectivity index (χ4v) is 6.84. The van der Waals surface area contributed by atoms with Crippen molar-refractivity contribution in [2.24, 2.45) is 0 Å². The van der Waals surface area contributed by atoms with Crippen LogP contribution in [-0.4, -0.2) is 78.7 Å². The molecule has 0 radical (unpaired) electrons. The van der Waals surface area contributed by atoms with E-state index in [-0.39, 0.29) is 0 Å². The molecule has 1 N–H and O–H groups in total. The third-order valence-electron chi connectivity index (χ3n) is 4.45. The average Bonchev–Trinajstić information content (AvgIpc) is 2.74. The van der Waals surface area contributed by atoms with Gasteiger partial charge in [0.2, 0.25) is 0 Å². The van der Waals surface area contributed by atoms with Crippen LogP contribution in [0.2, 0.25) is 5.54 Å². The van der Waals surface area contributed by atoms with Crippen LogP contribution in [0.25, 0.3) is 0 Å². The number of hydrogen-bond acceptors (Lipinski definition) is 5. The number of rotatable bonds is 5. The molecule has 6 heteroatoms. The van der Waals surface area contributed by atoms with Crippen molar-refractivity contribution in [1.29, 1.82) is 0 Å². The molecule has 2 saturated heterocycles. The van der Waals surface area contributed by atoms with E-state index in [4.69, 9.17) is 8.85 Å². The Labute approximate surface area is 112 Å². The predicted octanol–water partition coefficient (Wildman–Crippen LogP) is 0.219. The van der Waals surface area contributed by atoms with Crippen LogP contribution in [0.3, 0.4) is 0 Å². The van der Waals surface area contributed by atoms with Gasteiger partial charge in [-0.25, -0.2) is 0 Å². The van der Waals surface area contributed by atoms with E-state index in [0.717, 1.165) is 19.6 Å². The normalized spacial score (nSPS) is 29.8. The SMILES string of the molecule is CO[Si]1(OC)C(CCN2CCNCC2)CCN1C. The van der Waals surface area contributed by atoms with Crippen LogP contribution in [0.5, 0.6) is 0 Å². The summed E-state index contributed by atoms with van der Waals surface area (Å²) in [7, 11) is 3.67. The molecule has 0 aromatic heterocycles. The molecule has 0 spiro atoms. The van der Waals surface area contributed by atoms with Crippen molar-refractivity contribution >= 4 is 8.72 Å². The van der Waals surface area contributed by atoms with Crippen molar-refractivity contribution in [2.45, 2.75) is 18.4 Å². The van der Waals surface area contributed by atoms with Gasteiger partial charge in [0.05, 0.1) is 0 Å². The Morgan fingerprint density at radius 2 is 1.83 bits per heavy atom. The van der Waals surface area contributed by atoms with Crippen molar-refractivity contribution < 1.29 is 8.85 Å². The van der Waals surface area contributed by atoms with Crippen molar-refractivity contribution in [3.8, 4) is 0 Å². The van der Waals surface area contributed by atoms with Crippen molar-refractivity contribution in [3.63, 3.8) is 0 Å². The van der Waals surface area contributed by atoms with E-state index in [0.29, 0.717) is 5.54 Å². The Kier molecular flexibility index (Phi) is 5.17. The third-order valence-corrected chi connectivity index (χ3v) is 8.52. The first-order valence-corrected chi connectivity index (χ1v) is 8.81. The Hall–Kier alpha value is 0.0169. The number of hydrogen-bond donors (Lipinski definition) is 1. The van der Waals surface area contributed by atoms with E-state index in [1.165, 1.54) is 32.5 Å². The standard InChI is InChI=1S/C12H27N3O2Si/c1-14-8-4-12(18(14,16-2)17-3)5-9-15-10-6-13-7-11-15/h12-13H,4-11H2,1-3H3. The lowest BCUT2D eigenvalue weighted by Gasteiger charge is -2.35. The monoisotopic (exact) mass is 273 g/mol. The van der Waals surface area contributed by atoms with E-state index in [1.54, 1.807) is 0 Å². The lowest BCUT2D eigenvalue weighted by Crippen LogP contribution is -2.54. The summed E-state index contributed by atoms with van der Waals surface area (Å²) in [6, 6.07) is 0. The molecule has 106 valence electrons. The highest BCUT2D eigenvalue weighted by atomic mass is 28.4. The molecule has 2 rings (SSSR count). The van der Waals surface area contributed by atoms with Crippen LogP contribution < -0.4 is 5.32 Å². The van der Waals surface area contributed by atoms with Crippen molar-refractivity contribution in [2.75, 3.05) is 60.5 Å². The van der Waals surface area contributed by atoms with Crippen LogP contribution in [0.4, 0.5) is 0 Å². The first kappa shape index (κ1) is 14.4. The molecular formula is C12H27N3O2Si. The summed E-state index contributed by atoms with van der Waals surface area (Å²) in [6.45, 7) is 6.90. The summed E-state index contributed by atoms with van der Waals surface area (Å²) in [6.07, 6.45) is 2.43. The van der Waals surface area contributed by atoms with E-state index in [1.807, 2.05) is 14.2 Å². The highest BCUT2D eigenvalue weighted by Gasteiger charge is 2.53. The summed E-state index contributed by atoms with van der Waals surface area (Å²) in [4.78, 5) is 2.55. The molecule has 5 nitrogen and oxygen atoms in total. The first-order valence-electron chi connectivity index (χ1n) is 6.97. The third kappa shape index (κ3) is 2.78. The van der Waals surface area contributed by atoms with Gasteiger partial charge in [0.1, 0.15) is 0 Å². The molecule has 2 aliphatic heterocycles. The minimum atomic E-state index is -2.11. The second-order valence-corrected chi connectivity index (χ2v) is 8.98. The van der Waals surface area contributed by atoms with Gasteiger partial charge >= 0.3 is 8.72 Å². The molecule has 0 bridgehead atoms. The molecule has 0 aromatic rings. The first-order chi connectivity index (χ1) is 8.73. The Balaban J connectivity index is 1.87. The molecule has 0 amide bonds. The van der Waals surface area contributed by atoms with Gasteiger partial charge in [0.15, 0.2) is 0 Å². The predicted molar refractivity (Wildman–Crippen MR) is 74.7 cm³/mol. The van der Waals surface area contributed by atoms with E-state index in [9.17, 15) is 0 Å². The van der Waals surface area contributed by atoms with Crippen LogP contribution in [0.15, 0.2) is 0 Å². The van der Waals surface area contributed by atoms with Crippen molar-refractivity contribution in [1.82, 2.24) is 14.8 Å². The van der Waals surface area contributed by atoms with Crippen LogP contribution in [0, 0.1) is 0 Å². The van der Waals surface area contributed by atoms with Gasteiger partial charge < -0.3 is 19.1 Å². The summed E-state index contributed by atoms with van der Waals surface area (Å²) >= 11 is 0. The van der Waals surface area contributed by atoms with Gasteiger partial charge in [-0.3, -0.25) is 4.57 Å². The van der Waals surface area contributed by atoms with E-state index >= 15 is 0 Å². The van der Waals surface area contributed by atoms with Gasteiger partial charge in [0, 0.05) is 45.9 Å². The second kappa shape index (κ2) is 6.45. The van der Waals surface area contributed by atoms with Crippen molar-refractivity contribution in [3.05, 3.63) is 0 Å². The maximum atomic E-state index is 5.82. The molecule has 2 heterocycles. The van der Waals surface area contributed by atoms with E-state index in [2.05, 4.69) is 21.8 Å². The molecule has 2 aliphatic rings. The lowest BCUT2D eigenvalue weighted by atomic mass is 10.2. The van der Waals surface area contributed by atoms with Crippen LogP contribution in [0.1, 0.15) is 12.8 Å². The van der Waals surface area contributed by atoms with Gasteiger partial charge in [-0.15, -0.1) is 0 Å². The smallest absolute Gasteiger partial charge is 0.386 e. The zero-order chi connectivity index (χ0) is 13.0. The molecule has 0 aliphatic carbocycles. The number of piperazine rings is 1. The largest absolute Gasteiger partial charge is 0.430 e. The van der Waals surface area contributed by atoms with Gasteiger partial charge in [-0.05, 0) is 33.0 Å². The fourth-order valence-electron chi connectivity index (χ4n) is 3.33. The minimum Gasteiger partial charge on any atom is -0.386 e. The number of nitrogens with zero attached hydrogens (tertiary/aromatic N) is 2. The summed E-state index contributed by atoms with van der Waals surface area (Å²) < 4.78 is 14.0. The van der Waals surface area contributed by atoms with Gasteiger partial charge in [0.25, 0.3) is 0 Å². The summed E-state index contributed by atoms with van der Waals surface area (Å²) in [5, 5.41) is 3.40. The van der Waals surface area contributed by atoms with Gasteiger partial charge in [-0.1, -0.05) is 0 Å². The van der Waals surface area contributed by atoms with Crippen LogP contribution >= 0.6 is 0 Å². The maximum Gasteiger partial charge on any atom is 0.430 e. The Bertz CT molecular complexity index is 258. The lowest BCUT2D eigenvalue weighted by molar-refractivity contribution is 0.179. The highest BCUT2D eigenvalue weighted by Crippen LogP contribution is 2.38. The molecule has 18 heavy (non-hydrogen) atoms. The number of nitrogens with one attached hydrogen (secondary N) is 1.